The number of hydrogen-bond donors (Lipinski definition) is 0. The molecule has 0 radical (unpaired) electrons. The van der Waals surface area contributed by atoms with Crippen LogP contribution >= 0.6 is 44.3 Å². The van der Waals surface area contributed by atoms with Crippen molar-refractivity contribution in [3.05, 3.63) is 35.4 Å². The van der Waals surface area contributed by atoms with Crippen LogP contribution in [0.15, 0.2) is 24.3 Å². The zero-order valence-corrected chi connectivity index (χ0v) is 19.2. The number of aryl methyl sites for hydroxylation is 2. The third-order valence-electron chi connectivity index (χ3n) is 4.16. The lowest BCUT2D eigenvalue weighted by Crippen LogP contribution is -2.18. The van der Waals surface area contributed by atoms with Gasteiger partial charge in [0.25, 0.3) is 6.69 Å². The van der Waals surface area contributed by atoms with Crippen LogP contribution in [0.1, 0.15) is 43.2 Å². The van der Waals surface area contributed by atoms with E-state index in [9.17, 15) is 0 Å². The van der Waals surface area contributed by atoms with Crippen molar-refractivity contribution < 1.29 is 0 Å². The second-order valence-electron chi connectivity index (χ2n) is 6.62. The molecule has 1 aromatic carbocycles. The van der Waals surface area contributed by atoms with E-state index in [-0.39, 0.29) is 0 Å². The molecule has 1 aromatic rings. The summed E-state index contributed by atoms with van der Waals surface area (Å²) in [4.78, 5) is 0. The Kier molecular flexibility index (Phi) is 10.2. The molecule has 0 aromatic heterocycles. The predicted molar refractivity (Wildman–Crippen MR) is 113 cm³/mol. The van der Waals surface area contributed by atoms with Crippen molar-refractivity contribution in [3.8, 4) is 0 Å². The Morgan fingerprint density at radius 3 is 1.96 bits per heavy atom. The van der Waals surface area contributed by atoms with Crippen molar-refractivity contribution in [3.63, 3.8) is 0 Å². The summed E-state index contributed by atoms with van der Waals surface area (Å²) < 4.78 is 0. The number of benzene rings is 1. The summed E-state index contributed by atoms with van der Waals surface area (Å²) in [6.07, 6.45) is 6.80. The summed E-state index contributed by atoms with van der Waals surface area (Å²) in [5.41, 5.74) is 2.78. The van der Waals surface area contributed by atoms with E-state index < -0.39 is 13.4 Å². The summed E-state index contributed by atoms with van der Waals surface area (Å²) in [5, 5.41) is 0. The van der Waals surface area contributed by atoms with Gasteiger partial charge in [0.05, 0.1) is 0 Å². The normalized spacial score (nSPS) is 12.6. The maximum atomic E-state index is 6.60. The molecular weight excluding hydrogens is 402 g/mol. The van der Waals surface area contributed by atoms with Crippen molar-refractivity contribution >= 4 is 57.7 Å². The Hall–Kier alpha value is 0.814. The van der Waals surface area contributed by atoms with Gasteiger partial charge < -0.3 is 0 Å². The average molecular weight is 430 g/mol. The summed E-state index contributed by atoms with van der Waals surface area (Å²) in [7, 11) is 0. The maximum absolute atomic E-state index is 6.60. The highest BCUT2D eigenvalue weighted by molar-refractivity contribution is 7.45. The molecule has 23 heavy (non-hydrogen) atoms. The Morgan fingerprint density at radius 1 is 0.783 bits per heavy atom. The van der Waals surface area contributed by atoms with E-state index >= 15 is 0 Å². The molecule has 0 heterocycles. The van der Waals surface area contributed by atoms with Crippen LogP contribution in [0.2, 0.25) is 24.7 Å². The van der Waals surface area contributed by atoms with Crippen LogP contribution in [0, 0.1) is 6.92 Å². The van der Waals surface area contributed by atoms with E-state index in [1.807, 2.05) is 6.55 Å². The van der Waals surface area contributed by atoms with Crippen LogP contribution in [0.25, 0.3) is 0 Å². The first kappa shape index (κ1) is 21.9. The molecule has 0 aliphatic carbocycles. The van der Waals surface area contributed by atoms with Crippen molar-refractivity contribution in [2.24, 2.45) is 0 Å². The van der Waals surface area contributed by atoms with E-state index in [0.29, 0.717) is 0 Å². The Morgan fingerprint density at radius 2 is 1.35 bits per heavy atom. The number of unbranched alkanes of at least 4 members (excludes halogenated alkanes) is 3. The minimum atomic E-state index is -2.07. The summed E-state index contributed by atoms with van der Waals surface area (Å²) in [6, 6.07) is 11.5. The van der Waals surface area contributed by atoms with Crippen molar-refractivity contribution in [2.45, 2.75) is 70.1 Å². The van der Waals surface area contributed by atoms with Crippen molar-refractivity contribution in [1.29, 1.82) is 0 Å². The minimum absolute atomic E-state index is 0.983. The molecule has 0 bridgehead atoms. The van der Waals surface area contributed by atoms with Crippen LogP contribution in [0.5, 0.6) is 0 Å². The van der Waals surface area contributed by atoms with E-state index in [2.05, 4.69) is 31.2 Å². The first-order valence-corrected chi connectivity index (χ1v) is 17.7. The van der Waals surface area contributed by atoms with Gasteiger partial charge in [-0.3, -0.25) is 0 Å². The smallest absolute Gasteiger partial charge is 0.146 e. The van der Waals surface area contributed by atoms with E-state index in [1.165, 1.54) is 24.0 Å². The lowest BCUT2D eigenvalue weighted by molar-refractivity contribution is 0.695. The van der Waals surface area contributed by atoms with Gasteiger partial charge in [0.15, 0.2) is 0 Å². The number of hydrogen-bond acceptors (Lipinski definition) is 0. The number of halogens is 4. The quantitative estimate of drug-likeness (QED) is 0.190. The third kappa shape index (κ3) is 11.1. The van der Waals surface area contributed by atoms with E-state index in [1.54, 1.807) is 0 Å². The summed E-state index contributed by atoms with van der Waals surface area (Å²) in [5.74, 6) is 0. The van der Waals surface area contributed by atoms with Gasteiger partial charge in [-0.05, 0) is 55.6 Å². The first-order chi connectivity index (χ1) is 10.7. The lowest BCUT2D eigenvalue weighted by Gasteiger charge is -2.17. The van der Waals surface area contributed by atoms with Crippen molar-refractivity contribution in [1.82, 2.24) is 0 Å². The average Bonchev–Trinajstić information content (AvgIpc) is 2.43. The van der Waals surface area contributed by atoms with Gasteiger partial charge in [-0.1, -0.05) is 49.9 Å². The molecule has 0 fully saturated rings. The Balaban J connectivity index is 2.15. The Bertz CT molecular complexity index is 458. The predicted octanol–water partition coefficient (Wildman–Crippen LogP) is 7.96. The molecule has 1 rings (SSSR count). The topological polar surface area (TPSA) is 0 Å². The SMILES string of the molecule is Cc1ccccc1CCC[Si](Cl)(Cl)CCCCCC[Si](C)(Cl)Cl. The third-order valence-corrected chi connectivity index (χ3v) is 11.0. The van der Waals surface area contributed by atoms with Gasteiger partial charge in [0.1, 0.15) is 0 Å². The van der Waals surface area contributed by atoms with Gasteiger partial charge in [0, 0.05) is 0 Å². The highest BCUT2D eigenvalue weighted by Crippen LogP contribution is 2.31. The highest BCUT2D eigenvalue weighted by Gasteiger charge is 2.27. The molecule has 0 aliphatic rings. The van der Waals surface area contributed by atoms with Crippen molar-refractivity contribution in [2.75, 3.05) is 0 Å². The largest absolute Gasteiger partial charge is 0.251 e. The summed E-state index contributed by atoms with van der Waals surface area (Å²) >= 11 is 25.4. The molecule has 0 nitrogen and oxygen atoms in total. The minimum Gasteiger partial charge on any atom is -0.146 e. The van der Waals surface area contributed by atoms with Crippen LogP contribution in [-0.2, 0) is 6.42 Å². The molecule has 0 saturated heterocycles. The standard InChI is InChI=1S/C17H28Cl4Si2/c1-16-10-5-6-11-17(16)12-9-15-23(20,21)14-8-4-3-7-13-22(2,18)19/h5-6,10-11H,3-4,7-9,12-15H2,1-2H3. The molecule has 0 spiro atoms. The highest BCUT2D eigenvalue weighted by atomic mass is 35.7. The zero-order valence-electron chi connectivity index (χ0n) is 14.2. The fourth-order valence-electron chi connectivity index (χ4n) is 2.73. The molecule has 0 saturated carbocycles. The zero-order chi connectivity index (χ0) is 17.3. The maximum Gasteiger partial charge on any atom is 0.251 e. The van der Waals surface area contributed by atoms with E-state index in [4.69, 9.17) is 44.3 Å². The van der Waals surface area contributed by atoms with Crippen LogP contribution in [0.4, 0.5) is 0 Å². The first-order valence-electron chi connectivity index (χ1n) is 8.50. The van der Waals surface area contributed by atoms with E-state index in [0.717, 1.165) is 43.8 Å². The van der Waals surface area contributed by atoms with Crippen LogP contribution in [-0.4, -0.2) is 13.4 Å². The number of rotatable bonds is 11. The molecule has 0 aliphatic heterocycles. The summed E-state index contributed by atoms with van der Waals surface area (Å²) in [6.45, 7) is 0.172. The molecule has 132 valence electrons. The second kappa shape index (κ2) is 10.7. The Labute approximate surface area is 162 Å². The van der Waals surface area contributed by atoms with Gasteiger partial charge in [-0.25, -0.2) is 0 Å². The fraction of sp³-hybridized carbons (Fsp3) is 0.647. The monoisotopic (exact) mass is 428 g/mol. The fourth-order valence-corrected chi connectivity index (χ4v) is 7.71. The molecule has 0 unspecified atom stereocenters. The van der Waals surface area contributed by atoms with Crippen LogP contribution in [0.3, 0.4) is 0 Å². The van der Waals surface area contributed by atoms with Gasteiger partial charge >= 0.3 is 0 Å². The molecule has 6 heteroatoms. The van der Waals surface area contributed by atoms with Gasteiger partial charge in [0.2, 0.25) is 6.69 Å². The van der Waals surface area contributed by atoms with Gasteiger partial charge in [-0.2, -0.15) is 0 Å². The molecule has 0 atom stereocenters. The molecular formula is C17H28Cl4Si2. The second-order valence-corrected chi connectivity index (χ2v) is 22.5. The molecule has 0 amide bonds. The lowest BCUT2D eigenvalue weighted by atomic mass is 10.1. The molecule has 0 N–H and O–H groups in total. The van der Waals surface area contributed by atoms with Gasteiger partial charge in [-0.15, -0.1) is 44.3 Å². The van der Waals surface area contributed by atoms with Crippen LogP contribution < -0.4 is 0 Å².